The van der Waals surface area contributed by atoms with Gasteiger partial charge in [-0.15, -0.1) is 0 Å². The standard InChI is InChI=1S/C25H20N2O6/c1-14-7-12-19(33-14)22-21(23(28)20-17(31-2)5-4-6-18(20)32-3)24(29)25(30)27(22)16-10-8-15(13-26)9-11-16/h4-12,22,28H,1-3H3/b23-21+. The number of aliphatic hydroxyl groups is 1. The number of rotatable bonds is 5. The normalized spacial score (nSPS) is 17.2. The fraction of sp³-hybridized carbons (Fsp3) is 0.160. The third kappa shape index (κ3) is 3.59. The number of hydrogen-bond donors (Lipinski definition) is 1. The molecule has 3 aromatic rings. The van der Waals surface area contributed by atoms with Gasteiger partial charge in [-0.05, 0) is 55.5 Å². The van der Waals surface area contributed by atoms with E-state index in [2.05, 4.69) is 0 Å². The van der Waals surface area contributed by atoms with E-state index in [-0.39, 0.29) is 22.6 Å². The van der Waals surface area contributed by atoms with Crippen LogP contribution in [0.5, 0.6) is 11.5 Å². The molecule has 1 saturated heterocycles. The molecule has 0 aliphatic carbocycles. The molecule has 8 nitrogen and oxygen atoms in total. The average molecular weight is 444 g/mol. The summed E-state index contributed by atoms with van der Waals surface area (Å²) in [5, 5.41) is 20.4. The first-order chi connectivity index (χ1) is 15.9. The lowest BCUT2D eigenvalue weighted by Crippen LogP contribution is -2.29. The minimum atomic E-state index is -1.04. The molecule has 33 heavy (non-hydrogen) atoms. The van der Waals surface area contributed by atoms with E-state index >= 15 is 0 Å². The molecule has 1 unspecified atom stereocenters. The molecule has 1 fully saturated rings. The molecular weight excluding hydrogens is 424 g/mol. The van der Waals surface area contributed by atoms with Gasteiger partial charge in [-0.1, -0.05) is 6.07 Å². The Kier molecular flexibility index (Phi) is 5.63. The van der Waals surface area contributed by atoms with Crippen molar-refractivity contribution in [2.75, 3.05) is 19.1 Å². The average Bonchev–Trinajstić information content (AvgIpc) is 3.38. The Morgan fingerprint density at radius 3 is 2.18 bits per heavy atom. The van der Waals surface area contributed by atoms with Gasteiger partial charge in [0.2, 0.25) is 0 Å². The van der Waals surface area contributed by atoms with Gasteiger partial charge in [0, 0.05) is 5.69 Å². The first-order valence-corrected chi connectivity index (χ1v) is 10.00. The van der Waals surface area contributed by atoms with E-state index < -0.39 is 23.5 Å². The van der Waals surface area contributed by atoms with Crippen LogP contribution in [-0.4, -0.2) is 31.0 Å². The predicted octanol–water partition coefficient (Wildman–Crippen LogP) is 4.10. The molecule has 2 heterocycles. The fourth-order valence-corrected chi connectivity index (χ4v) is 3.88. The number of ether oxygens (including phenoxy) is 2. The van der Waals surface area contributed by atoms with E-state index in [0.717, 1.165) is 0 Å². The number of benzene rings is 2. The van der Waals surface area contributed by atoms with E-state index in [9.17, 15) is 14.7 Å². The second kappa shape index (κ2) is 8.55. The van der Waals surface area contributed by atoms with Crippen molar-refractivity contribution in [3.05, 3.63) is 82.8 Å². The Balaban J connectivity index is 1.98. The zero-order chi connectivity index (χ0) is 23.7. The van der Waals surface area contributed by atoms with Crippen LogP contribution in [0.3, 0.4) is 0 Å². The maximum Gasteiger partial charge on any atom is 0.300 e. The summed E-state index contributed by atoms with van der Waals surface area (Å²) in [6, 6.07) is 15.5. The first-order valence-electron chi connectivity index (χ1n) is 10.00. The molecule has 1 amide bonds. The van der Waals surface area contributed by atoms with Crippen molar-refractivity contribution in [3.63, 3.8) is 0 Å². The largest absolute Gasteiger partial charge is 0.506 e. The van der Waals surface area contributed by atoms with Crippen LogP contribution < -0.4 is 14.4 Å². The molecular formula is C25H20N2O6. The van der Waals surface area contributed by atoms with Crippen LogP contribution in [0.15, 0.2) is 64.6 Å². The van der Waals surface area contributed by atoms with Gasteiger partial charge in [0.1, 0.15) is 40.4 Å². The van der Waals surface area contributed by atoms with Gasteiger partial charge in [-0.25, -0.2) is 0 Å². The van der Waals surface area contributed by atoms with Crippen molar-refractivity contribution in [1.29, 1.82) is 5.26 Å². The Morgan fingerprint density at radius 1 is 1.03 bits per heavy atom. The highest BCUT2D eigenvalue weighted by atomic mass is 16.5. The van der Waals surface area contributed by atoms with Crippen LogP contribution >= 0.6 is 0 Å². The number of carbonyl (C=O) groups excluding carboxylic acids is 2. The molecule has 166 valence electrons. The highest BCUT2D eigenvalue weighted by Crippen LogP contribution is 2.45. The van der Waals surface area contributed by atoms with Crippen LogP contribution in [0.2, 0.25) is 0 Å². The van der Waals surface area contributed by atoms with Gasteiger partial charge >= 0.3 is 0 Å². The van der Waals surface area contributed by atoms with Crippen LogP contribution in [0.1, 0.15) is 28.7 Å². The number of furan rings is 1. The van der Waals surface area contributed by atoms with Gasteiger partial charge in [0.25, 0.3) is 11.7 Å². The third-order valence-electron chi connectivity index (χ3n) is 5.41. The number of nitriles is 1. The Morgan fingerprint density at radius 2 is 1.67 bits per heavy atom. The summed E-state index contributed by atoms with van der Waals surface area (Å²) in [6.45, 7) is 1.74. The SMILES string of the molecule is COc1cccc(OC)c1/C(O)=C1\C(=O)C(=O)N(c2ccc(C#N)cc2)C1c1ccc(C)o1. The first kappa shape index (κ1) is 21.7. The zero-order valence-corrected chi connectivity index (χ0v) is 18.2. The Labute approximate surface area is 189 Å². The summed E-state index contributed by atoms with van der Waals surface area (Å²) in [5.74, 6) is -0.760. The highest BCUT2D eigenvalue weighted by Gasteiger charge is 2.49. The smallest absolute Gasteiger partial charge is 0.300 e. The molecule has 4 rings (SSSR count). The highest BCUT2D eigenvalue weighted by molar-refractivity contribution is 6.51. The van der Waals surface area contributed by atoms with E-state index in [1.165, 1.54) is 19.1 Å². The number of aryl methyl sites for hydroxylation is 1. The minimum absolute atomic E-state index is 0.147. The fourth-order valence-electron chi connectivity index (χ4n) is 3.88. The zero-order valence-electron chi connectivity index (χ0n) is 18.2. The Hall–Kier alpha value is -4.51. The lowest BCUT2D eigenvalue weighted by Gasteiger charge is -2.23. The number of anilines is 1. The molecule has 0 radical (unpaired) electrons. The second-order valence-corrected chi connectivity index (χ2v) is 7.31. The van der Waals surface area contributed by atoms with Crippen LogP contribution in [-0.2, 0) is 9.59 Å². The topological polar surface area (TPSA) is 113 Å². The van der Waals surface area contributed by atoms with Crippen molar-refractivity contribution < 1.29 is 28.6 Å². The second-order valence-electron chi connectivity index (χ2n) is 7.31. The lowest BCUT2D eigenvalue weighted by atomic mass is 9.98. The number of hydrogen-bond acceptors (Lipinski definition) is 7. The van der Waals surface area contributed by atoms with E-state index in [0.29, 0.717) is 22.8 Å². The number of aliphatic hydroxyl groups excluding tert-OH is 1. The number of amides is 1. The lowest BCUT2D eigenvalue weighted by molar-refractivity contribution is -0.132. The van der Waals surface area contributed by atoms with E-state index in [4.69, 9.17) is 19.2 Å². The van der Waals surface area contributed by atoms with Crippen molar-refractivity contribution in [3.8, 4) is 17.6 Å². The number of ketones is 1. The number of nitrogens with zero attached hydrogens (tertiary/aromatic N) is 2. The molecule has 2 aromatic carbocycles. The summed E-state index contributed by atoms with van der Waals surface area (Å²) < 4.78 is 16.5. The van der Waals surface area contributed by atoms with E-state index in [1.807, 2.05) is 6.07 Å². The molecule has 8 heteroatoms. The third-order valence-corrected chi connectivity index (χ3v) is 5.41. The monoisotopic (exact) mass is 444 g/mol. The summed E-state index contributed by atoms with van der Waals surface area (Å²) in [6.07, 6.45) is 0. The molecule has 0 bridgehead atoms. The molecule has 1 N–H and O–H groups in total. The molecule has 1 atom stereocenters. The van der Waals surface area contributed by atoms with Crippen molar-refractivity contribution in [2.45, 2.75) is 13.0 Å². The van der Waals surface area contributed by atoms with Crippen molar-refractivity contribution in [1.82, 2.24) is 0 Å². The molecule has 0 spiro atoms. The van der Waals surface area contributed by atoms with Crippen molar-refractivity contribution in [2.24, 2.45) is 0 Å². The van der Waals surface area contributed by atoms with Gasteiger partial charge in [0.05, 0.1) is 31.4 Å². The number of carbonyl (C=O) groups is 2. The molecule has 1 aliphatic heterocycles. The summed E-state index contributed by atoms with van der Waals surface area (Å²) in [5.41, 5.74) is 0.760. The predicted molar refractivity (Wildman–Crippen MR) is 119 cm³/mol. The summed E-state index contributed by atoms with van der Waals surface area (Å²) >= 11 is 0. The summed E-state index contributed by atoms with van der Waals surface area (Å²) in [4.78, 5) is 27.6. The number of Topliss-reactive ketones (excluding diaryl/α,β-unsaturated/α-hetero) is 1. The number of methoxy groups -OCH3 is 2. The molecule has 1 aliphatic rings. The van der Waals surface area contributed by atoms with Gasteiger partial charge < -0.3 is 19.0 Å². The minimum Gasteiger partial charge on any atom is -0.506 e. The van der Waals surface area contributed by atoms with Gasteiger partial charge in [-0.3, -0.25) is 14.5 Å². The maximum absolute atomic E-state index is 13.2. The quantitative estimate of drug-likeness (QED) is 0.358. The van der Waals surface area contributed by atoms with Crippen LogP contribution in [0, 0.1) is 18.3 Å². The van der Waals surface area contributed by atoms with Crippen LogP contribution in [0.4, 0.5) is 5.69 Å². The Bertz CT molecular complexity index is 1290. The summed E-state index contributed by atoms with van der Waals surface area (Å²) in [7, 11) is 2.85. The van der Waals surface area contributed by atoms with Gasteiger partial charge in [0.15, 0.2) is 0 Å². The van der Waals surface area contributed by atoms with Crippen molar-refractivity contribution >= 4 is 23.1 Å². The molecule has 1 aromatic heterocycles. The molecule has 0 saturated carbocycles. The van der Waals surface area contributed by atoms with E-state index in [1.54, 1.807) is 61.5 Å². The van der Waals surface area contributed by atoms with Crippen LogP contribution in [0.25, 0.3) is 5.76 Å². The van der Waals surface area contributed by atoms with Gasteiger partial charge in [-0.2, -0.15) is 5.26 Å². The maximum atomic E-state index is 13.2.